The summed E-state index contributed by atoms with van der Waals surface area (Å²) < 4.78 is 10.4. The van der Waals surface area contributed by atoms with Gasteiger partial charge in [0.2, 0.25) is 0 Å². The number of carbonyl (C=O) groups excluding carboxylic acids is 1. The Morgan fingerprint density at radius 3 is 2.32 bits per heavy atom. The Labute approximate surface area is 116 Å². The highest BCUT2D eigenvalue weighted by Gasteiger charge is 2.21. The molecule has 0 aliphatic rings. The molecule has 4 nitrogen and oxygen atoms in total. The van der Waals surface area contributed by atoms with Gasteiger partial charge in [0.15, 0.2) is 11.6 Å². The number of carbonyl (C=O) groups is 1. The molecule has 19 heavy (non-hydrogen) atoms. The van der Waals surface area contributed by atoms with Crippen LogP contribution in [0.1, 0.15) is 52.4 Å². The van der Waals surface area contributed by atoms with Crippen LogP contribution in [-0.2, 0) is 14.3 Å². The van der Waals surface area contributed by atoms with Crippen molar-refractivity contribution in [2.75, 3.05) is 20.8 Å². The van der Waals surface area contributed by atoms with Crippen LogP contribution in [-0.4, -0.2) is 37.5 Å². The Kier molecular flexibility index (Phi) is 9.74. The molecular formula is C15H28O4. The first-order valence-corrected chi connectivity index (χ1v) is 6.96. The number of ketones is 1. The summed E-state index contributed by atoms with van der Waals surface area (Å²) in [6.45, 7) is 3.71. The molecule has 0 spiro atoms. The van der Waals surface area contributed by atoms with E-state index in [4.69, 9.17) is 9.47 Å². The van der Waals surface area contributed by atoms with E-state index in [-0.39, 0.29) is 12.4 Å². The zero-order valence-corrected chi connectivity index (χ0v) is 12.7. The monoisotopic (exact) mass is 272 g/mol. The Morgan fingerprint density at radius 2 is 1.84 bits per heavy atom. The Hall–Kier alpha value is -0.710. The van der Waals surface area contributed by atoms with E-state index in [1.54, 1.807) is 27.2 Å². The van der Waals surface area contributed by atoms with E-state index >= 15 is 0 Å². The molecule has 0 radical (unpaired) electrons. The third-order valence-corrected chi connectivity index (χ3v) is 3.37. The average molecular weight is 272 g/mol. The standard InChI is InChI=1S/C15H28O4/c1-5-6-7-8-9-14(17)13(12-16)10-11-15(2,18-3)19-4/h10,16H,5-9,11-12H2,1-4H3. The van der Waals surface area contributed by atoms with Gasteiger partial charge >= 0.3 is 0 Å². The van der Waals surface area contributed by atoms with E-state index in [0.717, 1.165) is 25.7 Å². The van der Waals surface area contributed by atoms with E-state index in [1.807, 2.05) is 0 Å². The second kappa shape index (κ2) is 10.1. The number of hydrogen-bond donors (Lipinski definition) is 1. The van der Waals surface area contributed by atoms with Crippen LogP contribution in [0.4, 0.5) is 0 Å². The van der Waals surface area contributed by atoms with Gasteiger partial charge in [-0.25, -0.2) is 0 Å². The number of methoxy groups -OCH3 is 2. The molecule has 0 aromatic rings. The normalized spacial score (nSPS) is 12.8. The fourth-order valence-electron chi connectivity index (χ4n) is 1.70. The van der Waals surface area contributed by atoms with Crippen LogP contribution in [0.3, 0.4) is 0 Å². The summed E-state index contributed by atoms with van der Waals surface area (Å²) in [6.07, 6.45) is 6.91. The molecular weight excluding hydrogens is 244 g/mol. The summed E-state index contributed by atoms with van der Waals surface area (Å²) >= 11 is 0. The van der Waals surface area contributed by atoms with Crippen molar-refractivity contribution in [2.45, 2.75) is 58.2 Å². The second-order valence-electron chi connectivity index (χ2n) is 4.87. The van der Waals surface area contributed by atoms with E-state index in [1.165, 1.54) is 0 Å². The fraction of sp³-hybridized carbons (Fsp3) is 0.800. The van der Waals surface area contributed by atoms with Crippen molar-refractivity contribution in [3.05, 3.63) is 11.6 Å². The molecule has 0 saturated carbocycles. The minimum atomic E-state index is -0.747. The molecule has 112 valence electrons. The number of hydrogen-bond acceptors (Lipinski definition) is 4. The van der Waals surface area contributed by atoms with Gasteiger partial charge in [-0.3, -0.25) is 4.79 Å². The summed E-state index contributed by atoms with van der Waals surface area (Å²) in [6, 6.07) is 0. The Morgan fingerprint density at radius 1 is 1.21 bits per heavy atom. The number of rotatable bonds is 11. The van der Waals surface area contributed by atoms with Gasteiger partial charge in [-0.2, -0.15) is 0 Å². The highest BCUT2D eigenvalue weighted by Crippen LogP contribution is 2.18. The van der Waals surface area contributed by atoms with Crippen LogP contribution in [0.15, 0.2) is 11.6 Å². The lowest BCUT2D eigenvalue weighted by Gasteiger charge is -2.25. The van der Waals surface area contributed by atoms with Gasteiger partial charge in [0, 0.05) is 32.6 Å². The smallest absolute Gasteiger partial charge is 0.168 e. The number of aliphatic hydroxyl groups is 1. The topological polar surface area (TPSA) is 55.8 Å². The van der Waals surface area contributed by atoms with Gasteiger partial charge in [-0.05, 0) is 13.3 Å². The highest BCUT2D eigenvalue weighted by atomic mass is 16.7. The molecule has 0 rings (SSSR count). The van der Waals surface area contributed by atoms with Gasteiger partial charge in [-0.15, -0.1) is 0 Å². The van der Waals surface area contributed by atoms with Crippen molar-refractivity contribution in [2.24, 2.45) is 0 Å². The number of ether oxygens (including phenoxy) is 2. The van der Waals surface area contributed by atoms with Crippen molar-refractivity contribution in [3.63, 3.8) is 0 Å². The average Bonchev–Trinajstić information content (AvgIpc) is 2.44. The van der Waals surface area contributed by atoms with Crippen molar-refractivity contribution < 1.29 is 19.4 Å². The van der Waals surface area contributed by atoms with Gasteiger partial charge in [0.1, 0.15) is 0 Å². The van der Waals surface area contributed by atoms with Crippen LogP contribution in [0.25, 0.3) is 0 Å². The summed E-state index contributed by atoms with van der Waals surface area (Å²) in [4.78, 5) is 11.9. The summed E-state index contributed by atoms with van der Waals surface area (Å²) in [7, 11) is 3.12. The second-order valence-corrected chi connectivity index (χ2v) is 4.87. The molecule has 0 aromatic carbocycles. The minimum Gasteiger partial charge on any atom is -0.392 e. The van der Waals surface area contributed by atoms with Gasteiger partial charge < -0.3 is 14.6 Å². The van der Waals surface area contributed by atoms with Gasteiger partial charge in [0.25, 0.3) is 0 Å². The number of Topliss-reactive ketones (excluding diaryl/α,β-unsaturated/α-hetero) is 1. The molecule has 0 fully saturated rings. The zero-order chi connectivity index (χ0) is 14.7. The molecule has 0 saturated heterocycles. The molecule has 0 aromatic heterocycles. The van der Waals surface area contributed by atoms with E-state index in [0.29, 0.717) is 18.4 Å². The Bertz CT molecular complexity index is 280. The van der Waals surface area contributed by atoms with Crippen LogP contribution < -0.4 is 0 Å². The third-order valence-electron chi connectivity index (χ3n) is 3.37. The van der Waals surface area contributed by atoms with Crippen LogP contribution in [0, 0.1) is 0 Å². The lowest BCUT2D eigenvalue weighted by Crippen LogP contribution is -2.29. The molecule has 1 N–H and O–H groups in total. The maximum atomic E-state index is 11.9. The molecule has 0 bridgehead atoms. The number of aliphatic hydroxyl groups excluding tert-OH is 1. The molecule has 0 atom stereocenters. The van der Waals surface area contributed by atoms with E-state index in [9.17, 15) is 9.90 Å². The quantitative estimate of drug-likeness (QED) is 0.357. The maximum absolute atomic E-state index is 11.9. The molecule has 4 heteroatoms. The Balaban J connectivity index is 4.34. The SMILES string of the molecule is CCCCCCC(=O)C(=CCC(C)(OC)OC)CO. The van der Waals surface area contributed by atoms with Crippen molar-refractivity contribution >= 4 is 5.78 Å². The summed E-state index contributed by atoms with van der Waals surface area (Å²) in [5.41, 5.74) is 0.455. The van der Waals surface area contributed by atoms with Crippen molar-refractivity contribution in [1.82, 2.24) is 0 Å². The molecule has 0 heterocycles. The summed E-state index contributed by atoms with van der Waals surface area (Å²) in [5, 5.41) is 9.27. The first-order chi connectivity index (χ1) is 9.02. The predicted molar refractivity (Wildman–Crippen MR) is 76.0 cm³/mol. The minimum absolute atomic E-state index is 0.0214. The first-order valence-electron chi connectivity index (χ1n) is 6.96. The largest absolute Gasteiger partial charge is 0.392 e. The lowest BCUT2D eigenvalue weighted by molar-refractivity contribution is -0.190. The predicted octanol–water partition coefficient (Wildman–Crippen LogP) is 2.84. The van der Waals surface area contributed by atoms with E-state index < -0.39 is 5.79 Å². The van der Waals surface area contributed by atoms with Crippen molar-refractivity contribution in [3.8, 4) is 0 Å². The maximum Gasteiger partial charge on any atom is 0.168 e. The van der Waals surface area contributed by atoms with E-state index in [2.05, 4.69) is 6.92 Å². The number of unbranched alkanes of at least 4 members (excludes halogenated alkanes) is 3. The molecule has 0 aliphatic carbocycles. The fourth-order valence-corrected chi connectivity index (χ4v) is 1.70. The lowest BCUT2D eigenvalue weighted by atomic mass is 10.0. The van der Waals surface area contributed by atoms with Crippen LogP contribution in [0.5, 0.6) is 0 Å². The van der Waals surface area contributed by atoms with Gasteiger partial charge in [0.05, 0.1) is 6.61 Å². The highest BCUT2D eigenvalue weighted by molar-refractivity contribution is 5.95. The van der Waals surface area contributed by atoms with Crippen molar-refractivity contribution in [1.29, 1.82) is 0 Å². The van der Waals surface area contributed by atoms with Crippen LogP contribution in [0.2, 0.25) is 0 Å². The molecule has 0 amide bonds. The third kappa shape index (κ3) is 7.45. The summed E-state index contributed by atoms with van der Waals surface area (Å²) in [5.74, 6) is -0.726. The first kappa shape index (κ1) is 18.3. The molecule has 0 unspecified atom stereocenters. The van der Waals surface area contributed by atoms with Gasteiger partial charge in [-0.1, -0.05) is 32.3 Å². The molecule has 0 aliphatic heterocycles. The van der Waals surface area contributed by atoms with Crippen LogP contribution >= 0.6 is 0 Å². The zero-order valence-electron chi connectivity index (χ0n) is 12.7.